The van der Waals surface area contributed by atoms with Gasteiger partial charge in [-0.25, -0.2) is 9.78 Å². The summed E-state index contributed by atoms with van der Waals surface area (Å²) in [5.74, 6) is -0.131. The van der Waals surface area contributed by atoms with Gasteiger partial charge in [0.05, 0.1) is 0 Å². The second kappa shape index (κ2) is 6.25. The fourth-order valence-electron chi connectivity index (χ4n) is 2.81. The standard InChI is InChI=1S/C16H14N4O3S2/c17-11-14(21)20-12(16(22)23)10(7-24-15(11)20)25-9-3-1-8(2-4-9)13-18-5-6-19-13/h1-6,11,15H,7,17H2,(H,18,19)(H,22,23)/t11-,15+/m1/s1. The van der Waals surface area contributed by atoms with Crippen molar-refractivity contribution >= 4 is 35.4 Å². The Kier molecular flexibility index (Phi) is 4.06. The summed E-state index contributed by atoms with van der Waals surface area (Å²) in [6, 6.07) is 7.06. The molecular formula is C16H14N4O3S2. The lowest BCUT2D eigenvalue weighted by molar-refractivity contribution is -0.147. The van der Waals surface area contributed by atoms with E-state index in [2.05, 4.69) is 9.97 Å². The first-order valence-corrected chi connectivity index (χ1v) is 9.37. The van der Waals surface area contributed by atoms with Gasteiger partial charge in [-0.1, -0.05) is 23.9 Å². The van der Waals surface area contributed by atoms with Crippen LogP contribution in [0.3, 0.4) is 0 Å². The summed E-state index contributed by atoms with van der Waals surface area (Å²) in [4.78, 5) is 33.7. The van der Waals surface area contributed by atoms with E-state index < -0.39 is 12.0 Å². The Labute approximate surface area is 151 Å². The van der Waals surface area contributed by atoms with E-state index in [0.717, 1.165) is 16.3 Å². The monoisotopic (exact) mass is 374 g/mol. The number of rotatable bonds is 4. The molecule has 0 saturated carbocycles. The number of amides is 1. The van der Waals surface area contributed by atoms with Crippen LogP contribution in [0.25, 0.3) is 11.4 Å². The first-order valence-electron chi connectivity index (χ1n) is 7.50. The summed E-state index contributed by atoms with van der Waals surface area (Å²) in [7, 11) is 0. The van der Waals surface area contributed by atoms with E-state index in [1.54, 1.807) is 12.4 Å². The maximum atomic E-state index is 12.0. The van der Waals surface area contributed by atoms with E-state index in [0.29, 0.717) is 10.7 Å². The van der Waals surface area contributed by atoms with Crippen LogP contribution in [0.1, 0.15) is 0 Å². The maximum Gasteiger partial charge on any atom is 0.353 e. The minimum Gasteiger partial charge on any atom is -0.477 e. The molecule has 0 aliphatic carbocycles. The number of carbonyl (C=O) groups is 2. The van der Waals surface area contributed by atoms with Crippen molar-refractivity contribution in [2.75, 3.05) is 5.75 Å². The maximum absolute atomic E-state index is 12.0. The molecular weight excluding hydrogens is 360 g/mol. The van der Waals surface area contributed by atoms with Gasteiger partial charge in [0.25, 0.3) is 0 Å². The van der Waals surface area contributed by atoms with Crippen LogP contribution in [0.4, 0.5) is 0 Å². The fourth-order valence-corrected chi connectivity index (χ4v) is 5.23. The number of fused-ring (bicyclic) bond motifs is 1. The second-order valence-corrected chi connectivity index (χ2v) is 7.85. The van der Waals surface area contributed by atoms with Crippen molar-refractivity contribution in [3.05, 3.63) is 47.3 Å². The van der Waals surface area contributed by atoms with Crippen LogP contribution >= 0.6 is 23.5 Å². The molecule has 128 valence electrons. The molecule has 2 aliphatic heterocycles. The van der Waals surface area contributed by atoms with Crippen LogP contribution in [-0.4, -0.2) is 49.0 Å². The van der Waals surface area contributed by atoms with Gasteiger partial charge in [-0.3, -0.25) is 9.69 Å². The molecule has 25 heavy (non-hydrogen) atoms. The Hall–Kier alpha value is -2.23. The fraction of sp³-hybridized carbons (Fsp3) is 0.188. The van der Waals surface area contributed by atoms with Gasteiger partial charge in [0.1, 0.15) is 22.9 Å². The quantitative estimate of drug-likeness (QED) is 0.698. The number of carboxylic acid groups (broad SMARTS) is 1. The molecule has 0 unspecified atom stereocenters. The van der Waals surface area contributed by atoms with Crippen LogP contribution < -0.4 is 5.73 Å². The lowest BCUT2D eigenvalue weighted by atomic mass is 10.1. The number of nitrogens with zero attached hydrogens (tertiary/aromatic N) is 2. The number of H-pyrrole nitrogens is 1. The lowest BCUT2D eigenvalue weighted by Gasteiger charge is -2.47. The molecule has 9 heteroatoms. The van der Waals surface area contributed by atoms with Crippen molar-refractivity contribution in [3.63, 3.8) is 0 Å². The molecule has 1 saturated heterocycles. The number of aliphatic carboxylic acids is 1. The van der Waals surface area contributed by atoms with Gasteiger partial charge in [0, 0.05) is 33.5 Å². The molecule has 4 N–H and O–H groups in total. The number of carboxylic acids is 1. The van der Waals surface area contributed by atoms with Gasteiger partial charge in [-0.05, 0) is 12.1 Å². The highest BCUT2D eigenvalue weighted by atomic mass is 32.2. The van der Waals surface area contributed by atoms with E-state index in [1.807, 2.05) is 24.3 Å². The number of thioether (sulfide) groups is 2. The van der Waals surface area contributed by atoms with Gasteiger partial charge in [0.15, 0.2) is 0 Å². The Morgan fingerprint density at radius 1 is 1.40 bits per heavy atom. The Morgan fingerprint density at radius 2 is 2.16 bits per heavy atom. The summed E-state index contributed by atoms with van der Waals surface area (Å²) in [6.45, 7) is 0. The van der Waals surface area contributed by atoms with E-state index >= 15 is 0 Å². The van der Waals surface area contributed by atoms with Gasteiger partial charge < -0.3 is 15.8 Å². The first-order chi connectivity index (χ1) is 12.1. The molecule has 1 aromatic carbocycles. The molecule has 4 rings (SSSR count). The van der Waals surface area contributed by atoms with E-state index in [9.17, 15) is 14.7 Å². The molecule has 2 aromatic rings. The van der Waals surface area contributed by atoms with Crippen LogP contribution in [0.2, 0.25) is 0 Å². The Morgan fingerprint density at radius 3 is 2.80 bits per heavy atom. The smallest absolute Gasteiger partial charge is 0.353 e. The lowest BCUT2D eigenvalue weighted by Crippen LogP contribution is -2.68. The highest BCUT2D eigenvalue weighted by Gasteiger charge is 2.51. The Balaban J connectivity index is 1.60. The number of hydrogen-bond donors (Lipinski definition) is 3. The van der Waals surface area contributed by atoms with Crippen molar-refractivity contribution < 1.29 is 14.7 Å². The molecule has 3 heterocycles. The van der Waals surface area contributed by atoms with Crippen LogP contribution in [0.5, 0.6) is 0 Å². The summed E-state index contributed by atoms with van der Waals surface area (Å²) in [5, 5.41) is 9.28. The predicted octanol–water partition coefficient (Wildman–Crippen LogP) is 1.71. The zero-order valence-electron chi connectivity index (χ0n) is 12.9. The van der Waals surface area contributed by atoms with Crippen molar-refractivity contribution in [2.24, 2.45) is 5.73 Å². The van der Waals surface area contributed by atoms with Crippen molar-refractivity contribution in [2.45, 2.75) is 16.3 Å². The number of nitrogens with one attached hydrogen (secondary N) is 1. The van der Waals surface area contributed by atoms with Gasteiger partial charge >= 0.3 is 5.97 Å². The highest BCUT2D eigenvalue weighted by Crippen LogP contribution is 2.44. The zero-order valence-corrected chi connectivity index (χ0v) is 14.5. The second-order valence-electron chi connectivity index (χ2n) is 5.58. The third kappa shape index (κ3) is 2.74. The average molecular weight is 374 g/mol. The van der Waals surface area contributed by atoms with Crippen molar-refractivity contribution in [1.29, 1.82) is 0 Å². The molecule has 1 amide bonds. The average Bonchev–Trinajstić information content (AvgIpc) is 3.15. The van der Waals surface area contributed by atoms with Gasteiger partial charge in [-0.2, -0.15) is 0 Å². The van der Waals surface area contributed by atoms with Crippen molar-refractivity contribution in [3.8, 4) is 11.4 Å². The molecule has 1 fully saturated rings. The summed E-state index contributed by atoms with van der Waals surface area (Å²) < 4.78 is 0. The van der Waals surface area contributed by atoms with Crippen LogP contribution in [-0.2, 0) is 9.59 Å². The van der Waals surface area contributed by atoms with E-state index in [1.165, 1.54) is 28.4 Å². The van der Waals surface area contributed by atoms with Gasteiger partial charge in [0.2, 0.25) is 5.91 Å². The largest absolute Gasteiger partial charge is 0.477 e. The first kappa shape index (κ1) is 16.2. The molecule has 0 spiro atoms. The number of benzene rings is 1. The molecule has 0 bridgehead atoms. The van der Waals surface area contributed by atoms with Crippen molar-refractivity contribution in [1.82, 2.24) is 14.9 Å². The number of nitrogens with two attached hydrogens (primary N) is 1. The molecule has 0 radical (unpaired) electrons. The number of aromatic nitrogens is 2. The molecule has 2 aliphatic rings. The number of carbonyl (C=O) groups excluding carboxylic acids is 1. The highest BCUT2D eigenvalue weighted by molar-refractivity contribution is 8.06. The summed E-state index contributed by atoms with van der Waals surface area (Å²) >= 11 is 2.86. The third-order valence-electron chi connectivity index (χ3n) is 4.04. The number of imidazole rings is 1. The minimum absolute atomic E-state index is 0.0514. The van der Waals surface area contributed by atoms with Crippen LogP contribution in [0.15, 0.2) is 52.2 Å². The zero-order chi connectivity index (χ0) is 17.6. The SMILES string of the molecule is N[C@@H]1C(=O)N2C(C(=O)O)=C(Sc3ccc(-c4ncc[nH]4)cc3)CS[C@@H]12. The molecule has 7 nitrogen and oxygen atoms in total. The topological polar surface area (TPSA) is 112 Å². The van der Waals surface area contributed by atoms with E-state index in [-0.39, 0.29) is 17.0 Å². The summed E-state index contributed by atoms with van der Waals surface area (Å²) in [6.07, 6.45) is 3.44. The van der Waals surface area contributed by atoms with Gasteiger partial charge in [-0.15, -0.1) is 11.8 Å². The molecule has 1 aromatic heterocycles. The Bertz CT molecular complexity index is 864. The number of β-lactam (4-membered cyclic amide) rings is 1. The van der Waals surface area contributed by atoms with Crippen LogP contribution in [0, 0.1) is 0 Å². The number of hydrogen-bond acceptors (Lipinski definition) is 6. The number of aromatic amines is 1. The minimum atomic E-state index is -1.10. The molecule has 2 atom stereocenters. The normalized spacial score (nSPS) is 22.6. The van der Waals surface area contributed by atoms with E-state index in [4.69, 9.17) is 5.73 Å². The summed E-state index contributed by atoms with van der Waals surface area (Å²) in [5.41, 5.74) is 6.76. The third-order valence-corrected chi connectivity index (χ3v) is 6.62. The predicted molar refractivity (Wildman–Crippen MR) is 95.6 cm³/mol.